The summed E-state index contributed by atoms with van der Waals surface area (Å²) < 4.78 is 13.4. The van der Waals surface area contributed by atoms with Crippen LogP contribution in [0.1, 0.15) is 31.9 Å². The molecule has 0 aromatic heterocycles. The molecule has 0 aliphatic carbocycles. The van der Waals surface area contributed by atoms with Crippen LogP contribution in [0, 0.1) is 5.82 Å². The molecule has 0 fully saturated rings. The Kier molecular flexibility index (Phi) is 5.26. The summed E-state index contributed by atoms with van der Waals surface area (Å²) in [4.78, 5) is 2.08. The Morgan fingerprint density at radius 2 is 1.89 bits per heavy atom. The lowest BCUT2D eigenvalue weighted by Crippen LogP contribution is -2.38. The summed E-state index contributed by atoms with van der Waals surface area (Å²) in [7, 11) is 0. The number of likely N-dealkylation sites (N-methyl/N-ethyl adjacent to an activating group) is 1. The van der Waals surface area contributed by atoms with Crippen LogP contribution in [0.15, 0.2) is 18.2 Å². The van der Waals surface area contributed by atoms with Crippen molar-refractivity contribution in [3.05, 3.63) is 35.1 Å². The zero-order valence-electron chi connectivity index (χ0n) is 11.4. The van der Waals surface area contributed by atoms with Gasteiger partial charge in [-0.15, -0.1) is 0 Å². The van der Waals surface area contributed by atoms with Crippen LogP contribution in [0.5, 0.6) is 0 Å². The molecule has 0 atom stereocenters. The second-order valence-corrected chi connectivity index (χ2v) is 5.29. The van der Waals surface area contributed by atoms with Crippen LogP contribution in [-0.2, 0) is 13.1 Å². The van der Waals surface area contributed by atoms with Gasteiger partial charge in [-0.2, -0.15) is 0 Å². The van der Waals surface area contributed by atoms with E-state index in [-0.39, 0.29) is 5.82 Å². The molecule has 4 heteroatoms. The van der Waals surface area contributed by atoms with Gasteiger partial charge in [0.15, 0.2) is 0 Å². The topological polar surface area (TPSA) is 49.5 Å². The fourth-order valence-electron chi connectivity index (χ4n) is 2.01. The molecule has 1 aromatic carbocycles. The minimum absolute atomic E-state index is 0.257. The Hall–Kier alpha value is -0.970. The summed E-state index contributed by atoms with van der Waals surface area (Å²) in [6.45, 7) is 7.87. The molecule has 0 heterocycles. The van der Waals surface area contributed by atoms with Gasteiger partial charge in [0, 0.05) is 19.6 Å². The number of nitrogens with zero attached hydrogens (tertiary/aromatic N) is 1. The number of benzene rings is 1. The highest BCUT2D eigenvalue weighted by atomic mass is 19.1. The van der Waals surface area contributed by atoms with E-state index < -0.39 is 5.60 Å². The first-order chi connectivity index (χ1) is 8.34. The Morgan fingerprint density at radius 1 is 1.28 bits per heavy atom. The number of hydrogen-bond acceptors (Lipinski definition) is 3. The number of nitrogens with two attached hydrogens (primary N) is 1. The molecule has 0 aliphatic rings. The van der Waals surface area contributed by atoms with Crippen molar-refractivity contribution in [2.75, 3.05) is 13.1 Å². The number of halogens is 1. The molecule has 102 valence electrons. The molecule has 1 aromatic rings. The van der Waals surface area contributed by atoms with Gasteiger partial charge in [0.25, 0.3) is 0 Å². The normalized spacial score (nSPS) is 12.2. The van der Waals surface area contributed by atoms with Crippen molar-refractivity contribution in [3.8, 4) is 0 Å². The molecular formula is C14H23FN2O. The molecule has 3 N–H and O–H groups in total. The molecule has 0 aliphatic heterocycles. The molecule has 0 unspecified atom stereocenters. The van der Waals surface area contributed by atoms with Crippen molar-refractivity contribution in [2.45, 2.75) is 39.5 Å². The van der Waals surface area contributed by atoms with E-state index in [9.17, 15) is 9.50 Å². The third-order valence-electron chi connectivity index (χ3n) is 2.72. The quantitative estimate of drug-likeness (QED) is 0.815. The first kappa shape index (κ1) is 15.1. The molecule has 0 spiro atoms. The second kappa shape index (κ2) is 6.27. The monoisotopic (exact) mass is 254 g/mol. The van der Waals surface area contributed by atoms with Crippen molar-refractivity contribution in [1.82, 2.24) is 4.90 Å². The first-order valence-electron chi connectivity index (χ1n) is 6.27. The van der Waals surface area contributed by atoms with Crippen molar-refractivity contribution in [1.29, 1.82) is 0 Å². The molecule has 0 saturated heterocycles. The SMILES string of the molecule is CCN(Cc1cc(F)cc(CN)c1)CC(C)(C)O. The second-order valence-electron chi connectivity index (χ2n) is 5.29. The van der Waals surface area contributed by atoms with E-state index in [0.717, 1.165) is 17.7 Å². The van der Waals surface area contributed by atoms with E-state index in [1.54, 1.807) is 13.8 Å². The first-order valence-corrected chi connectivity index (χ1v) is 6.27. The van der Waals surface area contributed by atoms with Crippen molar-refractivity contribution >= 4 is 0 Å². The van der Waals surface area contributed by atoms with E-state index in [4.69, 9.17) is 5.73 Å². The van der Waals surface area contributed by atoms with Crippen molar-refractivity contribution in [2.24, 2.45) is 5.73 Å². The Morgan fingerprint density at radius 3 is 2.39 bits per heavy atom. The van der Waals surface area contributed by atoms with Gasteiger partial charge < -0.3 is 10.8 Å². The lowest BCUT2D eigenvalue weighted by molar-refractivity contribution is 0.0353. The van der Waals surface area contributed by atoms with Crippen LogP contribution in [0.4, 0.5) is 4.39 Å². The molecular weight excluding hydrogens is 231 g/mol. The van der Waals surface area contributed by atoms with Gasteiger partial charge in [0.05, 0.1) is 5.60 Å². The van der Waals surface area contributed by atoms with Crippen LogP contribution >= 0.6 is 0 Å². The summed E-state index contributed by atoms with van der Waals surface area (Å²) >= 11 is 0. The summed E-state index contributed by atoms with van der Waals surface area (Å²) in [6.07, 6.45) is 0. The largest absolute Gasteiger partial charge is 0.389 e. The molecule has 1 rings (SSSR count). The van der Waals surface area contributed by atoms with Crippen molar-refractivity contribution in [3.63, 3.8) is 0 Å². The van der Waals surface area contributed by atoms with E-state index >= 15 is 0 Å². The van der Waals surface area contributed by atoms with Gasteiger partial charge in [-0.05, 0) is 43.7 Å². The Balaban J connectivity index is 2.78. The van der Waals surface area contributed by atoms with Crippen LogP contribution in [0.25, 0.3) is 0 Å². The molecule has 18 heavy (non-hydrogen) atoms. The Bertz CT molecular complexity index is 388. The number of aliphatic hydroxyl groups is 1. The smallest absolute Gasteiger partial charge is 0.123 e. The molecule has 0 saturated carbocycles. The standard InChI is InChI=1S/C14H23FN2O/c1-4-17(10-14(2,3)18)9-12-5-11(8-16)6-13(15)7-12/h5-7,18H,4,8-10,16H2,1-3H3. The third-order valence-corrected chi connectivity index (χ3v) is 2.72. The summed E-state index contributed by atoms with van der Waals surface area (Å²) in [5.41, 5.74) is 6.47. The minimum Gasteiger partial charge on any atom is -0.389 e. The van der Waals surface area contributed by atoms with Gasteiger partial charge in [0.1, 0.15) is 5.82 Å². The highest BCUT2D eigenvalue weighted by Gasteiger charge is 2.17. The highest BCUT2D eigenvalue weighted by molar-refractivity contribution is 5.24. The van der Waals surface area contributed by atoms with Gasteiger partial charge in [-0.25, -0.2) is 4.39 Å². The zero-order valence-corrected chi connectivity index (χ0v) is 11.4. The average Bonchev–Trinajstić information content (AvgIpc) is 2.25. The van der Waals surface area contributed by atoms with Gasteiger partial charge in [-0.1, -0.05) is 13.0 Å². The molecule has 3 nitrogen and oxygen atoms in total. The average molecular weight is 254 g/mol. The molecule has 0 radical (unpaired) electrons. The molecule has 0 bridgehead atoms. The van der Waals surface area contributed by atoms with Crippen LogP contribution in [0.3, 0.4) is 0 Å². The van der Waals surface area contributed by atoms with Crippen molar-refractivity contribution < 1.29 is 9.50 Å². The summed E-state index contributed by atoms with van der Waals surface area (Å²) in [5, 5.41) is 9.82. The van der Waals surface area contributed by atoms with E-state index in [0.29, 0.717) is 19.6 Å². The lowest BCUT2D eigenvalue weighted by Gasteiger charge is -2.28. The minimum atomic E-state index is -0.750. The van der Waals surface area contributed by atoms with E-state index in [2.05, 4.69) is 4.90 Å². The van der Waals surface area contributed by atoms with Crippen LogP contribution in [-0.4, -0.2) is 28.7 Å². The number of rotatable bonds is 6. The maximum atomic E-state index is 13.4. The summed E-state index contributed by atoms with van der Waals surface area (Å²) in [5.74, 6) is -0.257. The highest BCUT2D eigenvalue weighted by Crippen LogP contribution is 2.13. The molecule has 0 amide bonds. The third kappa shape index (κ3) is 5.12. The lowest BCUT2D eigenvalue weighted by atomic mass is 10.1. The van der Waals surface area contributed by atoms with Gasteiger partial charge in [0.2, 0.25) is 0 Å². The Labute approximate surface area is 108 Å². The summed E-state index contributed by atoms with van der Waals surface area (Å²) in [6, 6.07) is 4.89. The number of hydrogen-bond donors (Lipinski definition) is 2. The predicted octanol–water partition coefficient (Wildman–Crippen LogP) is 1.88. The fraction of sp³-hybridized carbons (Fsp3) is 0.571. The zero-order chi connectivity index (χ0) is 13.8. The van der Waals surface area contributed by atoms with Gasteiger partial charge >= 0.3 is 0 Å². The van der Waals surface area contributed by atoms with Crippen LogP contribution in [0.2, 0.25) is 0 Å². The van der Waals surface area contributed by atoms with E-state index in [1.165, 1.54) is 12.1 Å². The van der Waals surface area contributed by atoms with Crippen LogP contribution < -0.4 is 5.73 Å². The fourth-order valence-corrected chi connectivity index (χ4v) is 2.01. The maximum absolute atomic E-state index is 13.4. The van der Waals surface area contributed by atoms with E-state index in [1.807, 2.05) is 13.0 Å². The maximum Gasteiger partial charge on any atom is 0.123 e. The van der Waals surface area contributed by atoms with Gasteiger partial charge in [-0.3, -0.25) is 4.90 Å². The predicted molar refractivity (Wildman–Crippen MR) is 71.5 cm³/mol.